The quantitative estimate of drug-likeness (QED) is 0.574. The van der Waals surface area contributed by atoms with E-state index in [9.17, 15) is 29.0 Å². The van der Waals surface area contributed by atoms with Gasteiger partial charge in [-0.2, -0.15) is 0 Å². The number of allylic oxidation sites excluding steroid dienone is 4. The molecule has 2 N–H and O–H groups in total. The molecule has 0 aromatic carbocycles. The fourth-order valence-corrected chi connectivity index (χ4v) is 9.09. The molecular formula is C25H31F3O5S. The third-order valence-electron chi connectivity index (χ3n) is 9.77. The van der Waals surface area contributed by atoms with E-state index >= 15 is 8.78 Å². The van der Waals surface area contributed by atoms with E-state index in [0.29, 0.717) is 18.2 Å². The molecule has 5 nitrogen and oxygen atoms in total. The van der Waals surface area contributed by atoms with E-state index in [-0.39, 0.29) is 31.3 Å². The Bertz CT molecular complexity index is 984. The first-order chi connectivity index (χ1) is 15.8. The molecule has 3 fully saturated rings. The molecule has 0 aliphatic heterocycles. The van der Waals surface area contributed by atoms with Crippen LogP contribution in [-0.4, -0.2) is 51.0 Å². The highest BCUT2D eigenvalue weighted by molar-refractivity contribution is 8.13. The Balaban J connectivity index is 1.85. The smallest absolute Gasteiger partial charge is 0.303 e. The van der Waals surface area contributed by atoms with Crippen molar-refractivity contribution in [3.8, 4) is 0 Å². The van der Waals surface area contributed by atoms with Crippen LogP contribution >= 0.6 is 11.8 Å². The number of aliphatic carboxylic acids is 1. The number of halogens is 3. The van der Waals surface area contributed by atoms with E-state index in [0.717, 1.165) is 6.08 Å². The first-order valence-electron chi connectivity index (χ1n) is 11.7. The number of hydrogen-bond donors (Lipinski definition) is 2. The minimum absolute atomic E-state index is 0.0219. The fourth-order valence-electron chi connectivity index (χ4n) is 8.20. The second kappa shape index (κ2) is 8.22. The maximum Gasteiger partial charge on any atom is 0.303 e. The van der Waals surface area contributed by atoms with Crippen LogP contribution < -0.4 is 0 Å². The zero-order chi connectivity index (χ0) is 25.3. The summed E-state index contributed by atoms with van der Waals surface area (Å²) in [5, 5.41) is 20.3. The largest absolute Gasteiger partial charge is 0.481 e. The van der Waals surface area contributed by atoms with Gasteiger partial charge in [-0.05, 0) is 67.6 Å². The summed E-state index contributed by atoms with van der Waals surface area (Å²) in [5.74, 6) is -3.43. The van der Waals surface area contributed by atoms with E-state index in [1.807, 2.05) is 0 Å². The summed E-state index contributed by atoms with van der Waals surface area (Å²) in [6, 6.07) is -0.974. The predicted molar refractivity (Wildman–Crippen MR) is 121 cm³/mol. The average molecular weight is 501 g/mol. The topological polar surface area (TPSA) is 91.7 Å². The number of aliphatic hydroxyl groups is 1. The van der Waals surface area contributed by atoms with Crippen molar-refractivity contribution in [1.82, 2.24) is 0 Å². The minimum atomic E-state index is -2.28. The van der Waals surface area contributed by atoms with Crippen LogP contribution in [-0.2, 0) is 14.4 Å². The second-order valence-corrected chi connectivity index (χ2v) is 11.8. The number of carbonyl (C=O) groups is 3. The SMILES string of the molecule is C[C@@H]1C[C@H]2[C@@H]3C[C@H](F)C4=CC(=O)C=C[C@]4(C)[C@@]3(F)[C@@H](O)C[C@]2(C)[C@]1(CCC(=O)O)C(=O)SCF. The number of alkyl halides is 3. The summed E-state index contributed by atoms with van der Waals surface area (Å²) < 4.78 is 46.0. The lowest BCUT2D eigenvalue weighted by Crippen LogP contribution is -2.69. The van der Waals surface area contributed by atoms with Gasteiger partial charge < -0.3 is 10.2 Å². The number of rotatable bonds is 5. The lowest BCUT2D eigenvalue weighted by atomic mass is 9.43. The molecule has 0 radical (unpaired) electrons. The minimum Gasteiger partial charge on any atom is -0.481 e. The molecule has 0 heterocycles. The van der Waals surface area contributed by atoms with E-state index in [4.69, 9.17) is 0 Å². The third-order valence-corrected chi connectivity index (χ3v) is 10.5. The molecule has 0 unspecified atom stereocenters. The van der Waals surface area contributed by atoms with Gasteiger partial charge in [0.2, 0.25) is 0 Å². The molecule has 9 heteroatoms. The van der Waals surface area contributed by atoms with Crippen LogP contribution in [0.1, 0.15) is 52.9 Å². The van der Waals surface area contributed by atoms with Crippen LogP contribution in [0.3, 0.4) is 0 Å². The van der Waals surface area contributed by atoms with Crippen molar-refractivity contribution in [1.29, 1.82) is 0 Å². The van der Waals surface area contributed by atoms with Crippen LogP contribution in [0.15, 0.2) is 23.8 Å². The first kappa shape index (κ1) is 25.5. The van der Waals surface area contributed by atoms with Crippen LogP contribution in [0.5, 0.6) is 0 Å². The number of carboxylic acid groups (broad SMARTS) is 1. The van der Waals surface area contributed by atoms with Gasteiger partial charge in [-0.15, -0.1) is 0 Å². The average Bonchev–Trinajstić information content (AvgIpc) is 2.97. The summed E-state index contributed by atoms with van der Waals surface area (Å²) in [7, 11) is 0. The van der Waals surface area contributed by atoms with Gasteiger partial charge in [0.05, 0.1) is 6.10 Å². The summed E-state index contributed by atoms with van der Waals surface area (Å²) in [6.07, 6.45) is 0.0622. The summed E-state index contributed by atoms with van der Waals surface area (Å²) in [6.45, 7) is 5.05. The molecule has 0 aromatic heterocycles. The van der Waals surface area contributed by atoms with Crippen molar-refractivity contribution in [2.24, 2.45) is 34.0 Å². The van der Waals surface area contributed by atoms with Crippen molar-refractivity contribution in [2.75, 3.05) is 6.01 Å². The van der Waals surface area contributed by atoms with Crippen LogP contribution in [0.25, 0.3) is 0 Å². The molecule has 4 rings (SSSR count). The van der Waals surface area contributed by atoms with E-state index < -0.39 is 74.8 Å². The zero-order valence-electron chi connectivity index (χ0n) is 19.5. The molecule has 34 heavy (non-hydrogen) atoms. The van der Waals surface area contributed by atoms with Crippen LogP contribution in [0.4, 0.5) is 13.2 Å². The highest BCUT2D eigenvalue weighted by Crippen LogP contribution is 2.74. The Morgan fingerprint density at radius 2 is 1.91 bits per heavy atom. The molecule has 0 saturated heterocycles. The molecule has 3 saturated carbocycles. The molecule has 0 amide bonds. The van der Waals surface area contributed by atoms with E-state index in [1.54, 1.807) is 13.8 Å². The standard InChI is InChI=1S/C25H31F3O5S/c1-13-8-15-16-10-18(27)17-9-14(29)4-6-22(17,2)25(16,28)19(30)11-23(15,3)24(13,7-5-20(31)32)21(33)34-12-26/h4,6,9,13,15-16,18-19,30H,5,7-8,10-12H2,1-3H3,(H,31,32)/t13-,15+,16+,18+,19+,22+,23+,24+,25+/m1/s1. The molecule has 9 atom stereocenters. The van der Waals surface area contributed by atoms with Gasteiger partial charge in [0.1, 0.15) is 12.2 Å². The lowest BCUT2D eigenvalue weighted by molar-refractivity contribution is -0.211. The van der Waals surface area contributed by atoms with Crippen molar-refractivity contribution in [2.45, 2.75) is 70.8 Å². The second-order valence-electron chi connectivity index (χ2n) is 10.9. The summed E-state index contributed by atoms with van der Waals surface area (Å²) >= 11 is 0.479. The van der Waals surface area contributed by atoms with Crippen molar-refractivity contribution in [3.63, 3.8) is 0 Å². The van der Waals surface area contributed by atoms with Crippen molar-refractivity contribution in [3.05, 3.63) is 23.8 Å². The Morgan fingerprint density at radius 3 is 2.53 bits per heavy atom. The van der Waals surface area contributed by atoms with Gasteiger partial charge in [0.15, 0.2) is 16.6 Å². The van der Waals surface area contributed by atoms with Gasteiger partial charge >= 0.3 is 5.97 Å². The van der Waals surface area contributed by atoms with Crippen molar-refractivity contribution < 1.29 is 37.8 Å². The normalized spacial score (nSPS) is 47.4. The number of carbonyl (C=O) groups excluding carboxylic acids is 2. The molecule has 0 aromatic rings. The van der Waals surface area contributed by atoms with Gasteiger partial charge in [0.25, 0.3) is 0 Å². The highest BCUT2D eigenvalue weighted by Gasteiger charge is 2.76. The predicted octanol–water partition coefficient (Wildman–Crippen LogP) is 4.59. The number of fused-ring (bicyclic) bond motifs is 5. The molecule has 4 aliphatic carbocycles. The Morgan fingerprint density at radius 1 is 1.24 bits per heavy atom. The molecular weight excluding hydrogens is 469 g/mol. The number of aliphatic hydroxyl groups excluding tert-OH is 1. The first-order valence-corrected chi connectivity index (χ1v) is 12.7. The number of hydrogen-bond acceptors (Lipinski definition) is 5. The molecule has 0 spiro atoms. The Kier molecular flexibility index (Phi) is 6.16. The van der Waals surface area contributed by atoms with E-state index in [2.05, 4.69) is 0 Å². The van der Waals surface area contributed by atoms with Crippen molar-refractivity contribution >= 4 is 28.6 Å². The van der Waals surface area contributed by atoms with Gasteiger partial charge in [0, 0.05) is 23.2 Å². The van der Waals surface area contributed by atoms with E-state index in [1.165, 1.54) is 19.1 Å². The molecule has 188 valence electrons. The zero-order valence-corrected chi connectivity index (χ0v) is 20.3. The molecule has 4 aliphatic rings. The number of carboxylic acids is 1. The summed E-state index contributed by atoms with van der Waals surface area (Å²) in [4.78, 5) is 36.8. The number of thioether (sulfide) groups is 1. The highest BCUT2D eigenvalue weighted by atomic mass is 32.2. The van der Waals surface area contributed by atoms with Gasteiger partial charge in [-0.25, -0.2) is 13.2 Å². The fraction of sp³-hybridized carbons (Fsp3) is 0.720. The Labute approximate surface area is 201 Å². The van der Waals surface area contributed by atoms with Gasteiger partial charge in [-0.3, -0.25) is 14.4 Å². The van der Waals surface area contributed by atoms with Crippen LogP contribution in [0.2, 0.25) is 0 Å². The maximum absolute atomic E-state index is 17.2. The maximum atomic E-state index is 17.2. The Hall–Kier alpha value is -1.61. The molecule has 0 bridgehead atoms. The van der Waals surface area contributed by atoms with Gasteiger partial charge in [-0.1, -0.05) is 31.7 Å². The monoisotopic (exact) mass is 500 g/mol. The number of ketones is 1. The summed E-state index contributed by atoms with van der Waals surface area (Å²) in [5.41, 5.74) is -6.13. The lowest BCUT2D eigenvalue weighted by Gasteiger charge is -2.63. The third kappa shape index (κ3) is 3.08. The van der Waals surface area contributed by atoms with Crippen LogP contribution in [0, 0.1) is 34.0 Å².